The Kier molecular flexibility index (Phi) is 3.60. The van der Waals surface area contributed by atoms with Gasteiger partial charge in [0.15, 0.2) is 0 Å². The quantitative estimate of drug-likeness (QED) is 0.795. The number of hydrazine groups is 1. The Hall–Kier alpha value is -1.88. The summed E-state index contributed by atoms with van der Waals surface area (Å²) < 4.78 is 0. The van der Waals surface area contributed by atoms with Crippen molar-refractivity contribution in [2.75, 3.05) is 0 Å². The monoisotopic (exact) mass is 327 g/mol. The maximum atomic E-state index is 12.3. The minimum absolute atomic E-state index is 0.0158. The molecule has 2 fully saturated rings. The first-order valence-electron chi connectivity index (χ1n) is 7.77. The van der Waals surface area contributed by atoms with E-state index in [-0.39, 0.29) is 30.0 Å². The third kappa shape index (κ3) is 2.43. The van der Waals surface area contributed by atoms with E-state index in [4.69, 9.17) is 11.6 Å². The number of halogens is 1. The first kappa shape index (κ1) is 14.7. The molecule has 0 aliphatic carbocycles. The van der Waals surface area contributed by atoms with Crippen molar-refractivity contribution in [3.63, 3.8) is 0 Å². The Morgan fingerprint density at radius 2 is 1.61 bits per heavy atom. The lowest BCUT2D eigenvalue weighted by Gasteiger charge is -2.25. The highest BCUT2D eigenvalue weighted by molar-refractivity contribution is 6.31. The van der Waals surface area contributed by atoms with Crippen molar-refractivity contribution in [2.45, 2.75) is 25.0 Å². The third-order valence-corrected chi connectivity index (χ3v) is 5.15. The Morgan fingerprint density at radius 3 is 2.35 bits per heavy atom. The standard InChI is InChI=1S/C18H18ClN3O/c1-10-6-8-11(9-7-10)15-14-16(12-4-2-3-5-13(12)19)20-18(23)17(14)22-21-15/h2-9,14-17,21-22H,1H3,(H,20,23). The van der Waals surface area contributed by atoms with Gasteiger partial charge < -0.3 is 5.32 Å². The first-order valence-corrected chi connectivity index (χ1v) is 8.15. The van der Waals surface area contributed by atoms with E-state index >= 15 is 0 Å². The number of fused-ring (bicyclic) bond motifs is 1. The highest BCUT2D eigenvalue weighted by atomic mass is 35.5. The second-order valence-electron chi connectivity index (χ2n) is 6.24. The average molecular weight is 328 g/mol. The fourth-order valence-electron chi connectivity index (χ4n) is 3.62. The summed E-state index contributed by atoms with van der Waals surface area (Å²) in [5.41, 5.74) is 9.80. The van der Waals surface area contributed by atoms with Crippen LogP contribution in [0.5, 0.6) is 0 Å². The van der Waals surface area contributed by atoms with Gasteiger partial charge in [-0.1, -0.05) is 59.6 Å². The summed E-state index contributed by atoms with van der Waals surface area (Å²) in [6.45, 7) is 2.07. The van der Waals surface area contributed by atoms with Gasteiger partial charge in [-0.15, -0.1) is 0 Å². The van der Waals surface area contributed by atoms with Crippen LogP contribution in [-0.4, -0.2) is 11.9 Å². The Balaban J connectivity index is 1.73. The van der Waals surface area contributed by atoms with E-state index < -0.39 is 0 Å². The largest absolute Gasteiger partial charge is 0.347 e. The van der Waals surface area contributed by atoms with Crippen LogP contribution in [0, 0.1) is 12.8 Å². The topological polar surface area (TPSA) is 53.2 Å². The number of benzene rings is 2. The SMILES string of the molecule is Cc1ccc(C2NNC3C(=O)NC(c4ccccc4Cl)C32)cc1. The number of aryl methyl sites for hydroxylation is 1. The summed E-state index contributed by atoms with van der Waals surface area (Å²) in [5.74, 6) is 0.0899. The molecule has 3 N–H and O–H groups in total. The average Bonchev–Trinajstić information content (AvgIpc) is 3.11. The normalized spacial score (nSPS) is 29.4. The lowest BCUT2D eigenvalue weighted by atomic mass is 9.83. The van der Waals surface area contributed by atoms with Crippen LogP contribution in [0.3, 0.4) is 0 Å². The van der Waals surface area contributed by atoms with Gasteiger partial charge in [-0.25, -0.2) is 10.9 Å². The molecule has 0 bridgehead atoms. The van der Waals surface area contributed by atoms with Gasteiger partial charge in [0.2, 0.25) is 5.91 Å². The zero-order valence-corrected chi connectivity index (χ0v) is 13.5. The molecular weight excluding hydrogens is 310 g/mol. The summed E-state index contributed by atoms with van der Waals surface area (Å²) in [6.07, 6.45) is 0. The van der Waals surface area contributed by atoms with E-state index in [0.29, 0.717) is 5.02 Å². The zero-order chi connectivity index (χ0) is 16.0. The number of rotatable bonds is 2. The van der Waals surface area contributed by atoms with Crippen molar-refractivity contribution < 1.29 is 4.79 Å². The number of hydrogen-bond donors (Lipinski definition) is 3. The highest BCUT2D eigenvalue weighted by Crippen LogP contribution is 2.43. The molecule has 0 radical (unpaired) electrons. The van der Waals surface area contributed by atoms with Gasteiger partial charge in [-0.05, 0) is 24.1 Å². The van der Waals surface area contributed by atoms with Crippen LogP contribution in [-0.2, 0) is 4.79 Å². The number of carbonyl (C=O) groups excluding carboxylic acids is 1. The summed E-state index contributed by atoms with van der Waals surface area (Å²) in [7, 11) is 0. The van der Waals surface area contributed by atoms with Crippen LogP contribution in [0.25, 0.3) is 0 Å². The Labute approximate surface area is 140 Å². The predicted molar refractivity (Wildman–Crippen MR) is 89.8 cm³/mol. The number of hydrogen-bond acceptors (Lipinski definition) is 3. The second kappa shape index (κ2) is 5.64. The van der Waals surface area contributed by atoms with E-state index in [1.54, 1.807) is 0 Å². The fraction of sp³-hybridized carbons (Fsp3) is 0.278. The van der Waals surface area contributed by atoms with Gasteiger partial charge in [-0.3, -0.25) is 4.79 Å². The van der Waals surface area contributed by atoms with Gasteiger partial charge in [-0.2, -0.15) is 0 Å². The van der Waals surface area contributed by atoms with E-state index in [1.165, 1.54) is 11.1 Å². The molecule has 2 aromatic carbocycles. The molecular formula is C18H18ClN3O. The lowest BCUT2D eigenvalue weighted by Crippen LogP contribution is -2.39. The molecule has 4 atom stereocenters. The smallest absolute Gasteiger partial charge is 0.239 e. The molecule has 2 heterocycles. The van der Waals surface area contributed by atoms with Gasteiger partial charge in [0.1, 0.15) is 6.04 Å². The minimum atomic E-state index is -0.248. The summed E-state index contributed by atoms with van der Waals surface area (Å²) in [6, 6.07) is 15.8. The number of carbonyl (C=O) groups is 1. The summed E-state index contributed by atoms with van der Waals surface area (Å²) in [4.78, 5) is 12.3. The van der Waals surface area contributed by atoms with E-state index in [9.17, 15) is 4.79 Å². The first-order chi connectivity index (χ1) is 11.1. The molecule has 5 heteroatoms. The zero-order valence-electron chi connectivity index (χ0n) is 12.7. The predicted octanol–water partition coefficient (Wildman–Crippen LogP) is 2.65. The van der Waals surface area contributed by atoms with Crippen molar-refractivity contribution in [1.82, 2.24) is 16.2 Å². The Morgan fingerprint density at radius 1 is 0.913 bits per heavy atom. The summed E-state index contributed by atoms with van der Waals surface area (Å²) in [5, 5.41) is 3.79. The minimum Gasteiger partial charge on any atom is -0.347 e. The third-order valence-electron chi connectivity index (χ3n) is 4.81. The molecule has 118 valence electrons. The highest BCUT2D eigenvalue weighted by Gasteiger charge is 2.51. The van der Waals surface area contributed by atoms with Gasteiger partial charge >= 0.3 is 0 Å². The molecule has 1 amide bonds. The van der Waals surface area contributed by atoms with Crippen LogP contribution in [0.1, 0.15) is 28.8 Å². The molecule has 23 heavy (non-hydrogen) atoms. The molecule has 0 saturated carbocycles. The maximum Gasteiger partial charge on any atom is 0.239 e. The molecule has 0 aromatic heterocycles. The molecule has 2 aliphatic rings. The van der Waals surface area contributed by atoms with Crippen molar-refractivity contribution >= 4 is 17.5 Å². The molecule has 4 rings (SSSR count). The molecule has 4 unspecified atom stereocenters. The molecule has 4 nitrogen and oxygen atoms in total. The van der Waals surface area contributed by atoms with Crippen LogP contribution >= 0.6 is 11.6 Å². The maximum absolute atomic E-state index is 12.3. The molecule has 2 aliphatic heterocycles. The van der Waals surface area contributed by atoms with E-state index in [2.05, 4.69) is 47.4 Å². The number of nitrogens with one attached hydrogen (secondary N) is 3. The molecule has 2 saturated heterocycles. The van der Waals surface area contributed by atoms with Gasteiger partial charge in [0.25, 0.3) is 0 Å². The second-order valence-corrected chi connectivity index (χ2v) is 6.65. The van der Waals surface area contributed by atoms with Crippen molar-refractivity contribution in [3.05, 3.63) is 70.2 Å². The molecule has 0 spiro atoms. The van der Waals surface area contributed by atoms with E-state index in [1.807, 2.05) is 24.3 Å². The van der Waals surface area contributed by atoms with Crippen LogP contribution < -0.4 is 16.2 Å². The van der Waals surface area contributed by atoms with Crippen molar-refractivity contribution in [1.29, 1.82) is 0 Å². The summed E-state index contributed by atoms with van der Waals surface area (Å²) >= 11 is 6.36. The van der Waals surface area contributed by atoms with Crippen molar-refractivity contribution in [3.8, 4) is 0 Å². The lowest BCUT2D eigenvalue weighted by molar-refractivity contribution is -0.121. The van der Waals surface area contributed by atoms with Gasteiger partial charge in [0.05, 0.1) is 12.1 Å². The molecule has 2 aromatic rings. The van der Waals surface area contributed by atoms with Gasteiger partial charge in [0, 0.05) is 10.9 Å². The Bertz CT molecular complexity index is 746. The fourth-order valence-corrected chi connectivity index (χ4v) is 3.87. The van der Waals surface area contributed by atoms with Crippen LogP contribution in [0.15, 0.2) is 48.5 Å². The van der Waals surface area contributed by atoms with Crippen LogP contribution in [0.2, 0.25) is 5.02 Å². The van der Waals surface area contributed by atoms with Crippen molar-refractivity contribution in [2.24, 2.45) is 5.92 Å². The van der Waals surface area contributed by atoms with Crippen LogP contribution in [0.4, 0.5) is 0 Å². The number of amides is 1. The van der Waals surface area contributed by atoms with E-state index in [0.717, 1.165) is 5.56 Å².